The summed E-state index contributed by atoms with van der Waals surface area (Å²) in [6.45, 7) is 0.177. The number of carbonyl (C=O) groups is 1. The van der Waals surface area contributed by atoms with E-state index in [0.717, 1.165) is 23.4 Å². The molecule has 0 atom stereocenters. The summed E-state index contributed by atoms with van der Waals surface area (Å²) in [5.74, 6) is -2.53. The quantitative estimate of drug-likeness (QED) is 0.804. The molecule has 0 radical (unpaired) electrons. The number of nitrogens with one attached hydrogen (secondary N) is 1. The number of amides is 1. The van der Waals surface area contributed by atoms with E-state index in [9.17, 15) is 13.6 Å². The molecule has 0 aliphatic carbocycles. The molecule has 0 bridgehead atoms. The van der Waals surface area contributed by atoms with Crippen molar-refractivity contribution in [3.8, 4) is 5.69 Å². The van der Waals surface area contributed by atoms with Crippen LogP contribution in [0.25, 0.3) is 5.69 Å². The first-order valence-corrected chi connectivity index (χ1v) is 6.94. The third kappa shape index (κ3) is 3.26. The molecule has 3 aromatic rings. The zero-order valence-corrected chi connectivity index (χ0v) is 12.0. The molecule has 0 saturated heterocycles. The Morgan fingerprint density at radius 1 is 1.09 bits per heavy atom. The van der Waals surface area contributed by atoms with Crippen molar-refractivity contribution in [1.82, 2.24) is 14.9 Å². The summed E-state index contributed by atoms with van der Waals surface area (Å²) in [4.78, 5) is 15.9. The predicted octanol–water partition coefficient (Wildman–Crippen LogP) is 3.08. The largest absolute Gasteiger partial charge is 0.348 e. The summed E-state index contributed by atoms with van der Waals surface area (Å²) in [6, 6.07) is 10.7. The van der Waals surface area contributed by atoms with Gasteiger partial charge in [0.25, 0.3) is 5.91 Å². The fourth-order valence-electron chi connectivity index (χ4n) is 2.18. The highest BCUT2D eigenvalue weighted by Crippen LogP contribution is 2.13. The molecule has 2 aromatic carbocycles. The molecule has 1 N–H and O–H groups in total. The number of nitrogens with zero attached hydrogens (tertiary/aromatic N) is 2. The first-order chi connectivity index (χ1) is 11.1. The van der Waals surface area contributed by atoms with Gasteiger partial charge in [-0.05, 0) is 29.8 Å². The third-order valence-corrected chi connectivity index (χ3v) is 3.38. The van der Waals surface area contributed by atoms with Crippen LogP contribution in [0, 0.1) is 11.6 Å². The molecule has 4 nitrogen and oxygen atoms in total. The van der Waals surface area contributed by atoms with Crippen LogP contribution in [0.15, 0.2) is 61.2 Å². The molecule has 0 unspecified atom stereocenters. The average Bonchev–Trinajstić information content (AvgIpc) is 3.08. The monoisotopic (exact) mass is 313 g/mol. The number of hydrogen-bond donors (Lipinski definition) is 1. The predicted molar refractivity (Wildman–Crippen MR) is 81.1 cm³/mol. The fourth-order valence-corrected chi connectivity index (χ4v) is 2.18. The van der Waals surface area contributed by atoms with E-state index in [1.165, 1.54) is 6.07 Å². The Labute approximate surface area is 131 Å². The second-order valence-electron chi connectivity index (χ2n) is 4.92. The van der Waals surface area contributed by atoms with Crippen molar-refractivity contribution in [3.63, 3.8) is 0 Å². The van der Waals surface area contributed by atoms with E-state index >= 15 is 0 Å². The molecule has 0 saturated carbocycles. The van der Waals surface area contributed by atoms with E-state index in [2.05, 4.69) is 10.3 Å². The Kier molecular flexibility index (Phi) is 4.14. The first kappa shape index (κ1) is 14.9. The minimum absolute atomic E-state index is 0.177. The van der Waals surface area contributed by atoms with Crippen LogP contribution in [0.3, 0.4) is 0 Å². The van der Waals surface area contributed by atoms with Gasteiger partial charge in [0.1, 0.15) is 17.2 Å². The van der Waals surface area contributed by atoms with Gasteiger partial charge in [-0.2, -0.15) is 0 Å². The maximum Gasteiger partial charge on any atom is 0.257 e. The van der Waals surface area contributed by atoms with Crippen molar-refractivity contribution in [3.05, 3.63) is 83.9 Å². The van der Waals surface area contributed by atoms with Gasteiger partial charge >= 0.3 is 0 Å². The number of halogens is 2. The van der Waals surface area contributed by atoms with E-state index in [1.807, 2.05) is 35.0 Å². The molecular weight excluding hydrogens is 300 g/mol. The minimum atomic E-state index is -0.877. The molecule has 6 heteroatoms. The molecule has 0 aliphatic heterocycles. The van der Waals surface area contributed by atoms with E-state index < -0.39 is 23.1 Å². The number of carbonyl (C=O) groups excluding carboxylic acids is 1. The minimum Gasteiger partial charge on any atom is -0.348 e. The maximum absolute atomic E-state index is 13.5. The van der Waals surface area contributed by atoms with Crippen molar-refractivity contribution in [2.24, 2.45) is 0 Å². The molecule has 3 rings (SSSR count). The number of imidazole rings is 1. The van der Waals surface area contributed by atoms with Gasteiger partial charge in [-0.3, -0.25) is 4.79 Å². The van der Waals surface area contributed by atoms with Crippen LogP contribution >= 0.6 is 0 Å². The average molecular weight is 313 g/mol. The molecule has 1 amide bonds. The lowest BCUT2D eigenvalue weighted by atomic mass is 10.1. The summed E-state index contributed by atoms with van der Waals surface area (Å²) in [5, 5.41) is 2.51. The highest BCUT2D eigenvalue weighted by Gasteiger charge is 2.16. The van der Waals surface area contributed by atoms with Crippen molar-refractivity contribution in [1.29, 1.82) is 0 Å². The Morgan fingerprint density at radius 3 is 2.39 bits per heavy atom. The van der Waals surface area contributed by atoms with Crippen LogP contribution in [0.1, 0.15) is 15.9 Å². The molecule has 1 aromatic heterocycles. The Balaban J connectivity index is 1.67. The maximum atomic E-state index is 13.5. The van der Waals surface area contributed by atoms with Crippen LogP contribution in [-0.2, 0) is 6.54 Å². The molecule has 1 heterocycles. The van der Waals surface area contributed by atoms with E-state index in [0.29, 0.717) is 0 Å². The Bertz CT molecular complexity index is 794. The lowest BCUT2D eigenvalue weighted by molar-refractivity contribution is 0.0942. The van der Waals surface area contributed by atoms with Gasteiger partial charge in [0.15, 0.2) is 0 Å². The zero-order valence-electron chi connectivity index (χ0n) is 12.0. The highest BCUT2D eigenvalue weighted by molar-refractivity contribution is 5.94. The number of hydrogen-bond acceptors (Lipinski definition) is 2. The molecule has 23 heavy (non-hydrogen) atoms. The second kappa shape index (κ2) is 6.39. The van der Waals surface area contributed by atoms with Crippen molar-refractivity contribution >= 4 is 5.91 Å². The molecule has 0 spiro atoms. The number of aromatic nitrogens is 2. The van der Waals surface area contributed by atoms with Gasteiger partial charge in [0.05, 0.1) is 6.33 Å². The molecular formula is C17H13F2N3O. The Hall–Kier alpha value is -3.02. The standard InChI is InChI=1S/C17H13F2N3O/c18-14-2-1-3-15(19)16(14)17(23)21-10-12-4-6-13(7-5-12)22-9-8-20-11-22/h1-9,11H,10H2,(H,21,23). The lowest BCUT2D eigenvalue weighted by Crippen LogP contribution is -2.25. The van der Waals surface area contributed by atoms with E-state index in [1.54, 1.807) is 12.5 Å². The number of rotatable bonds is 4. The topological polar surface area (TPSA) is 46.9 Å². The summed E-state index contributed by atoms with van der Waals surface area (Å²) < 4.78 is 28.9. The first-order valence-electron chi connectivity index (χ1n) is 6.94. The van der Waals surface area contributed by atoms with Crippen LogP contribution in [0.4, 0.5) is 8.78 Å². The fraction of sp³-hybridized carbons (Fsp3) is 0.0588. The second-order valence-corrected chi connectivity index (χ2v) is 4.92. The van der Waals surface area contributed by atoms with Gasteiger partial charge in [0.2, 0.25) is 0 Å². The number of benzene rings is 2. The molecule has 0 fully saturated rings. The summed E-state index contributed by atoms with van der Waals surface area (Å²) in [7, 11) is 0. The van der Waals surface area contributed by atoms with Crippen LogP contribution in [-0.4, -0.2) is 15.5 Å². The summed E-state index contributed by atoms with van der Waals surface area (Å²) >= 11 is 0. The smallest absolute Gasteiger partial charge is 0.257 e. The van der Waals surface area contributed by atoms with E-state index in [-0.39, 0.29) is 6.54 Å². The Morgan fingerprint density at radius 2 is 1.78 bits per heavy atom. The van der Waals surface area contributed by atoms with Crippen molar-refractivity contribution in [2.45, 2.75) is 6.54 Å². The van der Waals surface area contributed by atoms with Gasteiger partial charge in [-0.15, -0.1) is 0 Å². The normalized spacial score (nSPS) is 10.5. The van der Waals surface area contributed by atoms with Gasteiger partial charge < -0.3 is 9.88 Å². The van der Waals surface area contributed by atoms with Crippen LogP contribution in [0.2, 0.25) is 0 Å². The zero-order chi connectivity index (χ0) is 16.2. The van der Waals surface area contributed by atoms with Gasteiger partial charge in [-0.25, -0.2) is 13.8 Å². The van der Waals surface area contributed by atoms with Crippen molar-refractivity contribution in [2.75, 3.05) is 0 Å². The highest BCUT2D eigenvalue weighted by atomic mass is 19.1. The summed E-state index contributed by atoms with van der Waals surface area (Å²) in [6.07, 6.45) is 5.17. The van der Waals surface area contributed by atoms with Gasteiger partial charge in [-0.1, -0.05) is 18.2 Å². The third-order valence-electron chi connectivity index (χ3n) is 3.38. The summed E-state index contributed by atoms with van der Waals surface area (Å²) in [5.41, 5.74) is 1.18. The van der Waals surface area contributed by atoms with Crippen molar-refractivity contribution < 1.29 is 13.6 Å². The lowest BCUT2D eigenvalue weighted by Gasteiger charge is -2.08. The molecule has 116 valence electrons. The van der Waals surface area contributed by atoms with Crippen LogP contribution in [0.5, 0.6) is 0 Å². The van der Waals surface area contributed by atoms with Crippen LogP contribution < -0.4 is 5.32 Å². The van der Waals surface area contributed by atoms with Gasteiger partial charge in [0, 0.05) is 24.6 Å². The SMILES string of the molecule is O=C(NCc1ccc(-n2ccnc2)cc1)c1c(F)cccc1F. The van der Waals surface area contributed by atoms with E-state index in [4.69, 9.17) is 0 Å². The molecule has 0 aliphatic rings.